The summed E-state index contributed by atoms with van der Waals surface area (Å²) in [7, 11) is -0.914. The maximum atomic E-state index is 11.2. The van der Waals surface area contributed by atoms with Crippen molar-refractivity contribution < 1.29 is 4.21 Å². The van der Waals surface area contributed by atoms with Crippen LogP contribution in [0, 0.1) is 0 Å². The number of rotatable bonds is 2. The molecule has 15 heavy (non-hydrogen) atoms. The minimum Gasteiger partial charge on any atom is -0.256 e. The van der Waals surface area contributed by atoms with Crippen molar-refractivity contribution >= 4 is 10.8 Å². The molecular weight excluding hydrogens is 206 g/mol. The monoisotopic (exact) mass is 217 g/mol. The quantitative estimate of drug-likeness (QED) is 0.773. The Kier molecular flexibility index (Phi) is 2.92. The van der Waals surface area contributed by atoms with Gasteiger partial charge < -0.3 is 0 Å². The van der Waals surface area contributed by atoms with Gasteiger partial charge in [0.25, 0.3) is 0 Å². The summed E-state index contributed by atoms with van der Waals surface area (Å²) in [5.74, 6) is 0. The summed E-state index contributed by atoms with van der Waals surface area (Å²) in [6.07, 6.45) is 3.44. The van der Waals surface area contributed by atoms with Crippen LogP contribution in [0.5, 0.6) is 0 Å². The first kappa shape index (κ1) is 10.1. The van der Waals surface area contributed by atoms with Gasteiger partial charge in [-0.15, -0.1) is 0 Å². The van der Waals surface area contributed by atoms with Crippen LogP contribution >= 0.6 is 0 Å². The van der Waals surface area contributed by atoms with Crippen LogP contribution in [-0.4, -0.2) is 15.4 Å². The molecule has 0 amide bonds. The topological polar surface area (TPSA) is 30.0 Å². The van der Waals surface area contributed by atoms with Crippen molar-refractivity contribution in [2.45, 2.75) is 4.90 Å². The summed E-state index contributed by atoms with van der Waals surface area (Å²) in [5, 5.41) is 0. The van der Waals surface area contributed by atoms with Crippen molar-refractivity contribution in [3.05, 3.63) is 48.7 Å². The lowest BCUT2D eigenvalue weighted by Crippen LogP contribution is -1.87. The fourth-order valence-corrected chi connectivity index (χ4v) is 1.87. The van der Waals surface area contributed by atoms with Crippen molar-refractivity contribution in [1.82, 2.24) is 4.98 Å². The Bertz CT molecular complexity index is 465. The molecule has 0 fully saturated rings. The molecule has 0 aliphatic rings. The van der Waals surface area contributed by atoms with Crippen molar-refractivity contribution in [3.63, 3.8) is 0 Å². The van der Waals surface area contributed by atoms with Gasteiger partial charge in [0.2, 0.25) is 0 Å². The molecule has 1 aromatic carbocycles. The second kappa shape index (κ2) is 4.36. The van der Waals surface area contributed by atoms with Gasteiger partial charge in [-0.2, -0.15) is 0 Å². The molecular formula is C12H11NOS. The zero-order valence-electron chi connectivity index (χ0n) is 8.38. The highest BCUT2D eigenvalue weighted by Gasteiger charge is 1.99. The molecule has 1 atom stereocenters. The number of benzene rings is 1. The molecule has 0 saturated heterocycles. The third kappa shape index (κ3) is 2.30. The molecule has 2 nitrogen and oxygen atoms in total. The van der Waals surface area contributed by atoms with Crippen LogP contribution in [0.25, 0.3) is 11.3 Å². The van der Waals surface area contributed by atoms with Crippen LogP contribution in [0.1, 0.15) is 0 Å². The van der Waals surface area contributed by atoms with E-state index < -0.39 is 10.8 Å². The zero-order chi connectivity index (χ0) is 10.7. The fraction of sp³-hybridized carbons (Fsp3) is 0.0833. The number of aromatic nitrogens is 1. The number of pyridine rings is 1. The zero-order valence-corrected chi connectivity index (χ0v) is 9.20. The second-order valence-corrected chi connectivity index (χ2v) is 4.57. The van der Waals surface area contributed by atoms with Crippen LogP contribution in [0.2, 0.25) is 0 Å². The van der Waals surface area contributed by atoms with Crippen LogP contribution in [-0.2, 0) is 10.8 Å². The van der Waals surface area contributed by atoms with Crippen molar-refractivity contribution in [2.75, 3.05) is 6.26 Å². The molecule has 1 aromatic heterocycles. The van der Waals surface area contributed by atoms with Crippen LogP contribution in [0.4, 0.5) is 0 Å². The van der Waals surface area contributed by atoms with E-state index in [1.54, 1.807) is 12.5 Å². The first-order chi connectivity index (χ1) is 7.27. The van der Waals surface area contributed by atoms with E-state index in [9.17, 15) is 4.21 Å². The van der Waals surface area contributed by atoms with Gasteiger partial charge in [0, 0.05) is 33.7 Å². The molecule has 1 unspecified atom stereocenters. The van der Waals surface area contributed by atoms with E-state index in [-0.39, 0.29) is 0 Å². The van der Waals surface area contributed by atoms with Gasteiger partial charge in [-0.25, -0.2) is 0 Å². The average molecular weight is 217 g/mol. The Morgan fingerprint density at radius 3 is 2.33 bits per heavy atom. The van der Waals surface area contributed by atoms with Gasteiger partial charge in [0.15, 0.2) is 0 Å². The maximum absolute atomic E-state index is 11.2. The van der Waals surface area contributed by atoms with Gasteiger partial charge in [0.05, 0.1) is 5.69 Å². The van der Waals surface area contributed by atoms with E-state index in [1.165, 1.54) is 0 Å². The Hall–Kier alpha value is -1.48. The summed E-state index contributed by atoms with van der Waals surface area (Å²) in [4.78, 5) is 5.09. The molecule has 3 heteroatoms. The molecule has 0 aliphatic heterocycles. The lowest BCUT2D eigenvalue weighted by atomic mass is 10.1. The second-order valence-electron chi connectivity index (χ2n) is 3.19. The number of nitrogens with zero attached hydrogens (tertiary/aromatic N) is 1. The van der Waals surface area contributed by atoms with Crippen molar-refractivity contribution in [3.8, 4) is 11.3 Å². The van der Waals surface area contributed by atoms with Crippen LogP contribution < -0.4 is 0 Å². The minimum atomic E-state index is -0.914. The average Bonchev–Trinajstić information content (AvgIpc) is 2.30. The summed E-state index contributed by atoms with van der Waals surface area (Å²) >= 11 is 0. The van der Waals surface area contributed by atoms with Gasteiger partial charge >= 0.3 is 0 Å². The highest BCUT2D eigenvalue weighted by Crippen LogP contribution is 2.17. The summed E-state index contributed by atoms with van der Waals surface area (Å²) in [5.41, 5.74) is 1.98. The van der Waals surface area contributed by atoms with Crippen molar-refractivity contribution in [1.29, 1.82) is 0 Å². The Morgan fingerprint density at radius 1 is 1.07 bits per heavy atom. The number of hydrogen-bond donors (Lipinski definition) is 0. The van der Waals surface area contributed by atoms with Gasteiger partial charge in [-0.05, 0) is 24.3 Å². The normalized spacial score (nSPS) is 12.3. The molecule has 1 heterocycles. The fourth-order valence-electron chi connectivity index (χ4n) is 1.35. The lowest BCUT2D eigenvalue weighted by Gasteiger charge is -2.01. The predicted molar refractivity (Wildman–Crippen MR) is 62.0 cm³/mol. The first-order valence-electron chi connectivity index (χ1n) is 4.62. The minimum absolute atomic E-state index is 0.842. The van der Waals surface area contributed by atoms with E-state index in [0.29, 0.717) is 0 Å². The molecule has 76 valence electrons. The van der Waals surface area contributed by atoms with Gasteiger partial charge in [0.1, 0.15) is 0 Å². The molecule has 0 radical (unpaired) electrons. The molecule has 0 saturated carbocycles. The third-order valence-electron chi connectivity index (χ3n) is 2.15. The third-order valence-corrected chi connectivity index (χ3v) is 3.08. The highest BCUT2D eigenvalue weighted by atomic mass is 32.2. The van der Waals surface area contributed by atoms with Crippen LogP contribution in [0.15, 0.2) is 53.6 Å². The molecule has 0 N–H and O–H groups in total. The molecule has 0 spiro atoms. The molecule has 0 aliphatic carbocycles. The SMILES string of the molecule is CS(=O)c1ccc(-c2ccccn2)cc1. The predicted octanol–water partition coefficient (Wildman–Crippen LogP) is 2.49. The maximum Gasteiger partial charge on any atom is 0.0701 e. The largest absolute Gasteiger partial charge is 0.256 e. The summed E-state index contributed by atoms with van der Waals surface area (Å²) < 4.78 is 11.2. The van der Waals surface area contributed by atoms with E-state index in [1.807, 2.05) is 42.5 Å². The van der Waals surface area contributed by atoms with Gasteiger partial charge in [-0.3, -0.25) is 9.19 Å². The molecule has 0 bridgehead atoms. The standard InChI is InChI=1S/C12H11NOS/c1-15(14)11-7-5-10(6-8-11)12-4-2-3-9-13-12/h2-9H,1H3. The van der Waals surface area contributed by atoms with Gasteiger partial charge in [-0.1, -0.05) is 18.2 Å². The summed E-state index contributed by atoms with van der Waals surface area (Å²) in [6.45, 7) is 0. The highest BCUT2D eigenvalue weighted by molar-refractivity contribution is 7.84. The molecule has 2 rings (SSSR count). The lowest BCUT2D eigenvalue weighted by molar-refractivity contribution is 0.687. The molecule has 2 aromatic rings. The Morgan fingerprint density at radius 2 is 1.80 bits per heavy atom. The van der Waals surface area contributed by atoms with Crippen LogP contribution in [0.3, 0.4) is 0 Å². The smallest absolute Gasteiger partial charge is 0.0701 e. The van der Waals surface area contributed by atoms with E-state index in [0.717, 1.165) is 16.2 Å². The van der Waals surface area contributed by atoms with E-state index in [4.69, 9.17) is 0 Å². The Balaban J connectivity index is 2.36. The number of hydrogen-bond acceptors (Lipinski definition) is 2. The van der Waals surface area contributed by atoms with E-state index in [2.05, 4.69) is 4.98 Å². The Labute approximate surface area is 91.4 Å². The van der Waals surface area contributed by atoms with Crippen molar-refractivity contribution in [2.24, 2.45) is 0 Å². The first-order valence-corrected chi connectivity index (χ1v) is 6.18. The summed E-state index contributed by atoms with van der Waals surface area (Å²) in [6, 6.07) is 13.4. The van der Waals surface area contributed by atoms with E-state index >= 15 is 0 Å².